The quantitative estimate of drug-likeness (QED) is 0.762. The Bertz CT molecular complexity index is 712. The molecule has 0 radical (unpaired) electrons. The summed E-state index contributed by atoms with van der Waals surface area (Å²) in [4.78, 5) is 14.5. The predicted molar refractivity (Wildman–Crippen MR) is 94.8 cm³/mol. The van der Waals surface area contributed by atoms with Gasteiger partial charge in [0.05, 0.1) is 6.04 Å². The second kappa shape index (κ2) is 7.42. The average molecular weight is 401 g/mol. The van der Waals surface area contributed by atoms with Crippen molar-refractivity contribution in [2.45, 2.75) is 43.9 Å². The van der Waals surface area contributed by atoms with Gasteiger partial charge in [0.2, 0.25) is 5.91 Å². The lowest BCUT2D eigenvalue weighted by atomic mass is 9.97. The molecule has 154 valence electrons. The number of hydrogen-bond donors (Lipinski definition) is 2. The van der Waals surface area contributed by atoms with Crippen molar-refractivity contribution >= 4 is 11.6 Å². The van der Waals surface area contributed by atoms with Gasteiger partial charge in [0.15, 0.2) is 0 Å². The summed E-state index contributed by atoms with van der Waals surface area (Å²) in [7, 11) is 0. The van der Waals surface area contributed by atoms with E-state index in [-0.39, 0.29) is 36.6 Å². The zero-order chi connectivity index (χ0) is 19.9. The predicted octanol–water partition coefficient (Wildman–Crippen LogP) is 2.62. The summed E-state index contributed by atoms with van der Waals surface area (Å²) in [5, 5.41) is 5.99. The highest BCUT2D eigenvalue weighted by Crippen LogP contribution is 2.40. The van der Waals surface area contributed by atoms with Gasteiger partial charge in [0.25, 0.3) is 0 Å². The van der Waals surface area contributed by atoms with Crippen LogP contribution >= 0.6 is 0 Å². The van der Waals surface area contributed by atoms with Crippen LogP contribution in [-0.2, 0) is 4.79 Å². The number of carbonyl (C=O) groups excluding carboxylic acids is 1. The molecule has 1 aromatic carbocycles. The second-order valence-corrected chi connectivity index (χ2v) is 7.86. The van der Waals surface area contributed by atoms with E-state index < -0.39 is 18.6 Å². The number of halogens is 4. The van der Waals surface area contributed by atoms with Crippen LogP contribution in [0.5, 0.6) is 5.75 Å². The van der Waals surface area contributed by atoms with Crippen LogP contribution in [0.25, 0.3) is 0 Å². The topological polar surface area (TPSA) is 53.6 Å². The SMILES string of the molecule is O=C(N[C@H]1CC[C@@H]2CN(c3ccc(OC(F)(F)F)cc3)C[C@@H]21)[C@@H]1C[C@@H](F)CN1. The molecule has 9 heteroatoms. The van der Waals surface area contributed by atoms with Gasteiger partial charge in [0.1, 0.15) is 11.9 Å². The van der Waals surface area contributed by atoms with Crippen LogP contribution in [0, 0.1) is 11.8 Å². The fourth-order valence-electron chi connectivity index (χ4n) is 4.69. The largest absolute Gasteiger partial charge is 0.573 e. The number of nitrogens with one attached hydrogen (secondary N) is 2. The highest BCUT2D eigenvalue weighted by atomic mass is 19.4. The van der Waals surface area contributed by atoms with Crippen LogP contribution in [0.3, 0.4) is 0 Å². The number of carbonyl (C=O) groups is 1. The van der Waals surface area contributed by atoms with Gasteiger partial charge in [-0.25, -0.2) is 4.39 Å². The van der Waals surface area contributed by atoms with Crippen LogP contribution in [0.2, 0.25) is 0 Å². The molecule has 3 fully saturated rings. The normalized spacial score (nSPS) is 32.4. The Labute approximate surface area is 160 Å². The number of amides is 1. The van der Waals surface area contributed by atoms with Crippen molar-refractivity contribution in [3.8, 4) is 5.75 Å². The average Bonchev–Trinajstić information content (AvgIpc) is 3.31. The molecule has 2 heterocycles. The van der Waals surface area contributed by atoms with Crippen molar-refractivity contribution in [2.24, 2.45) is 11.8 Å². The molecule has 3 aliphatic rings. The first-order valence-electron chi connectivity index (χ1n) is 9.57. The number of rotatable bonds is 4. The summed E-state index contributed by atoms with van der Waals surface area (Å²) < 4.78 is 54.1. The molecular formula is C19H23F4N3O2. The first kappa shape index (κ1) is 19.3. The van der Waals surface area contributed by atoms with Crippen LogP contribution in [0.4, 0.5) is 23.2 Å². The molecule has 5 atom stereocenters. The summed E-state index contributed by atoms with van der Waals surface area (Å²) in [6.07, 6.45) is -3.57. The van der Waals surface area contributed by atoms with E-state index >= 15 is 0 Å². The number of hydrogen-bond acceptors (Lipinski definition) is 4. The maximum Gasteiger partial charge on any atom is 0.573 e. The monoisotopic (exact) mass is 401 g/mol. The smallest absolute Gasteiger partial charge is 0.406 e. The van der Waals surface area contributed by atoms with Gasteiger partial charge in [-0.2, -0.15) is 0 Å². The molecule has 1 amide bonds. The number of anilines is 1. The maximum absolute atomic E-state index is 13.3. The van der Waals surface area contributed by atoms with Crippen LogP contribution in [0.1, 0.15) is 19.3 Å². The summed E-state index contributed by atoms with van der Waals surface area (Å²) in [5.41, 5.74) is 0.840. The van der Waals surface area contributed by atoms with E-state index in [0.717, 1.165) is 31.6 Å². The Morgan fingerprint density at radius 1 is 1.18 bits per heavy atom. The first-order valence-corrected chi connectivity index (χ1v) is 9.57. The van der Waals surface area contributed by atoms with Gasteiger partial charge in [-0.15, -0.1) is 13.2 Å². The van der Waals surface area contributed by atoms with Crippen LogP contribution in [-0.4, -0.2) is 50.2 Å². The lowest BCUT2D eigenvalue weighted by Gasteiger charge is -2.24. The zero-order valence-electron chi connectivity index (χ0n) is 15.2. The van der Waals surface area contributed by atoms with E-state index in [1.807, 2.05) is 0 Å². The highest BCUT2D eigenvalue weighted by Gasteiger charge is 2.44. The minimum absolute atomic E-state index is 0.0517. The van der Waals surface area contributed by atoms with Crippen LogP contribution in [0.15, 0.2) is 24.3 Å². The van der Waals surface area contributed by atoms with Crippen molar-refractivity contribution in [2.75, 3.05) is 24.5 Å². The third-order valence-electron chi connectivity index (χ3n) is 6.01. The molecular weight excluding hydrogens is 378 g/mol. The molecule has 0 spiro atoms. The van der Waals surface area contributed by atoms with E-state index in [2.05, 4.69) is 20.3 Å². The van der Waals surface area contributed by atoms with Crippen LogP contribution < -0.4 is 20.3 Å². The number of nitrogens with zero attached hydrogens (tertiary/aromatic N) is 1. The molecule has 2 saturated heterocycles. The van der Waals surface area contributed by atoms with Gasteiger partial charge in [0, 0.05) is 43.7 Å². The molecule has 28 heavy (non-hydrogen) atoms. The van der Waals surface area contributed by atoms with E-state index in [1.165, 1.54) is 12.1 Å². The molecule has 2 aliphatic heterocycles. The fraction of sp³-hybridized carbons (Fsp3) is 0.632. The Kier molecular flexibility index (Phi) is 5.11. The molecule has 0 aromatic heterocycles. The van der Waals surface area contributed by atoms with Gasteiger partial charge < -0.3 is 20.3 Å². The van der Waals surface area contributed by atoms with E-state index in [9.17, 15) is 22.4 Å². The third kappa shape index (κ3) is 4.19. The molecule has 1 saturated carbocycles. The first-order chi connectivity index (χ1) is 13.3. The van der Waals surface area contributed by atoms with Crippen molar-refractivity contribution in [3.63, 3.8) is 0 Å². The van der Waals surface area contributed by atoms with Crippen molar-refractivity contribution in [1.29, 1.82) is 0 Å². The van der Waals surface area contributed by atoms with Gasteiger partial charge in [-0.1, -0.05) is 0 Å². The molecule has 5 nitrogen and oxygen atoms in total. The second-order valence-electron chi connectivity index (χ2n) is 7.86. The highest BCUT2D eigenvalue weighted by molar-refractivity contribution is 5.82. The third-order valence-corrected chi connectivity index (χ3v) is 6.01. The lowest BCUT2D eigenvalue weighted by Crippen LogP contribution is -2.47. The minimum atomic E-state index is -4.70. The Morgan fingerprint density at radius 3 is 2.57 bits per heavy atom. The number of ether oxygens (including phenoxy) is 1. The molecule has 0 unspecified atom stereocenters. The molecule has 1 aliphatic carbocycles. The summed E-state index contributed by atoms with van der Waals surface area (Å²) in [5.74, 6) is 0.341. The standard InChI is InChI=1S/C19H23F4N3O2/c20-12-7-17(24-8-12)18(27)25-16-6-1-11-9-26(10-15(11)16)13-2-4-14(5-3-13)28-19(21,22)23/h2-5,11-12,15-17,24H,1,6-10H2,(H,25,27)/t11-,12-,15+,16+,17+/m1/s1. The number of benzene rings is 1. The number of fused-ring (bicyclic) bond motifs is 1. The Hall–Kier alpha value is -2.03. The number of alkyl halides is 4. The maximum atomic E-state index is 13.3. The van der Waals surface area contributed by atoms with Gasteiger partial charge >= 0.3 is 6.36 Å². The van der Waals surface area contributed by atoms with Gasteiger partial charge in [-0.05, 0) is 43.0 Å². The van der Waals surface area contributed by atoms with Crippen molar-refractivity contribution in [1.82, 2.24) is 10.6 Å². The van der Waals surface area contributed by atoms with E-state index in [4.69, 9.17) is 0 Å². The summed E-state index contributed by atoms with van der Waals surface area (Å²) in [6, 6.07) is 5.47. The molecule has 1 aromatic rings. The zero-order valence-corrected chi connectivity index (χ0v) is 15.2. The lowest BCUT2D eigenvalue weighted by molar-refractivity contribution is -0.274. The minimum Gasteiger partial charge on any atom is -0.406 e. The van der Waals surface area contributed by atoms with E-state index in [1.54, 1.807) is 12.1 Å². The van der Waals surface area contributed by atoms with Crippen molar-refractivity contribution < 1.29 is 27.1 Å². The van der Waals surface area contributed by atoms with E-state index in [0.29, 0.717) is 5.92 Å². The molecule has 0 bridgehead atoms. The fourth-order valence-corrected chi connectivity index (χ4v) is 4.69. The molecule has 2 N–H and O–H groups in total. The molecule has 4 rings (SSSR count). The Morgan fingerprint density at radius 2 is 1.93 bits per heavy atom. The van der Waals surface area contributed by atoms with Gasteiger partial charge in [-0.3, -0.25) is 4.79 Å². The Balaban J connectivity index is 1.35. The van der Waals surface area contributed by atoms with Crippen molar-refractivity contribution in [3.05, 3.63) is 24.3 Å². The summed E-state index contributed by atoms with van der Waals surface area (Å²) >= 11 is 0. The summed E-state index contributed by atoms with van der Waals surface area (Å²) in [6.45, 7) is 1.76.